The summed E-state index contributed by atoms with van der Waals surface area (Å²) in [6.07, 6.45) is -2.97. The highest BCUT2D eigenvalue weighted by Crippen LogP contribution is 2.43. The summed E-state index contributed by atoms with van der Waals surface area (Å²) in [5.74, 6) is -4.46. The fourth-order valence-electron chi connectivity index (χ4n) is 9.09. The van der Waals surface area contributed by atoms with Gasteiger partial charge in [0.25, 0.3) is 0 Å². The standard InChI is InChI=1S/C40H62N6O10S/c1-12-29-40(8)33(45(38(51)56-40)17-13-14-18-46-42-35(41-43-46)28-16-15-19-57-28)24(4)30(47)22(2)21-39(7,52-11)34(25(5)31(48)26(6)36(50)54-29)55-37-32(49)27(44(9)10)20-23(3)53-37/h15-16,19,22-27,29,32-34,37,49H,12-14,17-18,20-21H2,1-11H3/t22-,23-,24+,25+,26-,27+,29-,32-,33-,34-,37+,39-,40-/m1/s1. The number of likely N-dealkylation sites (N-methyl/N-ethyl adjacent to an activating group) is 1. The van der Waals surface area contributed by atoms with Gasteiger partial charge < -0.3 is 38.6 Å². The fourth-order valence-corrected chi connectivity index (χ4v) is 9.73. The third-order valence-corrected chi connectivity index (χ3v) is 13.2. The number of aliphatic hydroxyl groups excluding tert-OH is 1. The Balaban J connectivity index is 1.44. The van der Waals surface area contributed by atoms with Crippen LogP contribution in [0.5, 0.6) is 0 Å². The second-order valence-corrected chi connectivity index (χ2v) is 17.7. The molecule has 0 radical (unpaired) electrons. The molecular weight excluding hydrogens is 757 g/mol. The number of tetrazole rings is 1. The van der Waals surface area contributed by atoms with Crippen molar-refractivity contribution in [3.05, 3.63) is 17.5 Å². The van der Waals surface area contributed by atoms with Crippen molar-refractivity contribution in [1.29, 1.82) is 0 Å². The molecule has 1 amide bonds. The van der Waals surface area contributed by atoms with Gasteiger partial charge in [-0.2, -0.15) is 4.80 Å². The van der Waals surface area contributed by atoms with Crippen LogP contribution in [-0.2, 0) is 44.6 Å². The van der Waals surface area contributed by atoms with E-state index in [0.717, 1.165) is 4.88 Å². The van der Waals surface area contributed by atoms with E-state index >= 15 is 0 Å². The second-order valence-electron chi connectivity index (χ2n) is 16.8. The van der Waals surface area contributed by atoms with Crippen LogP contribution in [0.2, 0.25) is 0 Å². The number of rotatable bonds is 11. The molecule has 3 saturated heterocycles. The lowest BCUT2D eigenvalue weighted by Gasteiger charge is -2.47. The molecule has 0 bridgehead atoms. The maximum Gasteiger partial charge on any atom is 0.410 e. The van der Waals surface area contributed by atoms with Crippen molar-refractivity contribution in [2.75, 3.05) is 27.7 Å². The second kappa shape index (κ2) is 18.3. The quantitative estimate of drug-likeness (QED) is 0.191. The number of cyclic esters (lactones) is 1. The highest BCUT2D eigenvalue weighted by molar-refractivity contribution is 7.13. The van der Waals surface area contributed by atoms with E-state index in [1.54, 1.807) is 39.5 Å². The van der Waals surface area contributed by atoms with E-state index in [-0.39, 0.29) is 37.3 Å². The van der Waals surface area contributed by atoms with Crippen LogP contribution in [-0.4, -0.2) is 140 Å². The molecule has 5 rings (SSSR count). The number of esters is 1. The minimum atomic E-state index is -1.41. The summed E-state index contributed by atoms with van der Waals surface area (Å²) in [7, 11) is 5.23. The number of aryl methyl sites for hydroxylation is 1. The predicted octanol–water partition coefficient (Wildman–Crippen LogP) is 4.39. The first-order chi connectivity index (χ1) is 26.9. The molecular formula is C40H62N6O10S. The average Bonchev–Trinajstić information content (AvgIpc) is 3.93. The Hall–Kier alpha value is -3.35. The summed E-state index contributed by atoms with van der Waals surface area (Å²) in [6, 6.07) is 2.76. The number of carbonyl (C=O) groups excluding carboxylic acids is 4. The normalized spacial score (nSPS) is 37.2. The van der Waals surface area contributed by atoms with Crippen molar-refractivity contribution in [1.82, 2.24) is 30.0 Å². The molecule has 5 heterocycles. The van der Waals surface area contributed by atoms with E-state index in [2.05, 4.69) is 15.4 Å². The van der Waals surface area contributed by atoms with E-state index in [4.69, 9.17) is 23.7 Å². The lowest BCUT2D eigenvalue weighted by Crippen LogP contribution is -2.60. The summed E-state index contributed by atoms with van der Waals surface area (Å²) >= 11 is 1.53. The van der Waals surface area contributed by atoms with Gasteiger partial charge in [0.05, 0.1) is 35.3 Å². The molecule has 0 aliphatic carbocycles. The number of hydrogen-bond donors (Lipinski definition) is 1. The van der Waals surface area contributed by atoms with Gasteiger partial charge in [-0.3, -0.25) is 14.4 Å². The Kier molecular flexibility index (Phi) is 14.4. The molecule has 57 heavy (non-hydrogen) atoms. The number of ketones is 2. The van der Waals surface area contributed by atoms with Crippen LogP contribution in [0.4, 0.5) is 4.79 Å². The Morgan fingerprint density at radius 1 is 1.04 bits per heavy atom. The molecule has 3 fully saturated rings. The van der Waals surface area contributed by atoms with Crippen LogP contribution in [0, 0.1) is 23.7 Å². The molecule has 0 unspecified atom stereocenters. The maximum absolute atomic E-state index is 14.7. The third kappa shape index (κ3) is 9.28. The summed E-state index contributed by atoms with van der Waals surface area (Å²) in [4.78, 5) is 62.6. The molecule has 318 valence electrons. The van der Waals surface area contributed by atoms with Gasteiger partial charge in [-0.1, -0.05) is 33.8 Å². The molecule has 16 nitrogen and oxygen atoms in total. The monoisotopic (exact) mass is 818 g/mol. The largest absolute Gasteiger partial charge is 0.458 e. The number of aromatic nitrogens is 4. The van der Waals surface area contributed by atoms with Crippen molar-refractivity contribution in [2.45, 2.75) is 148 Å². The minimum absolute atomic E-state index is 0.122. The lowest BCUT2D eigenvalue weighted by molar-refractivity contribution is -0.295. The van der Waals surface area contributed by atoms with Gasteiger partial charge >= 0.3 is 12.1 Å². The Morgan fingerprint density at radius 2 is 1.74 bits per heavy atom. The molecule has 17 heteroatoms. The van der Waals surface area contributed by atoms with Crippen molar-refractivity contribution >= 4 is 35.0 Å². The lowest BCUT2D eigenvalue weighted by atomic mass is 9.73. The van der Waals surface area contributed by atoms with E-state index < -0.39 is 83.4 Å². The summed E-state index contributed by atoms with van der Waals surface area (Å²) in [5, 5.41) is 26.2. The van der Waals surface area contributed by atoms with E-state index in [1.807, 2.05) is 50.4 Å². The molecule has 2 aromatic heterocycles. The Morgan fingerprint density at radius 3 is 2.37 bits per heavy atom. The number of unbranched alkanes of at least 4 members (excludes halogenated alkanes) is 1. The SMILES string of the molecule is CC[C@H]1OC(=O)[C@H](C)C(=O)[C@H](C)[C@@H](O[C@@H]2O[C@H](C)C[C@H](N(C)C)[C@H]2O)[C@](C)(OC)C[C@@H](C)C(=O)[C@H](C)[C@H]2N(CCCCn3nnc(-c4cccs4)n3)C(=O)O[C@]12C. The number of Topliss-reactive ketones (excluding diaryl/α,β-unsaturated/α-hetero) is 2. The fraction of sp³-hybridized carbons (Fsp3) is 0.775. The van der Waals surface area contributed by atoms with Gasteiger partial charge in [0, 0.05) is 37.5 Å². The Bertz CT molecular complexity index is 1710. The first-order valence-corrected chi connectivity index (χ1v) is 21.0. The van der Waals surface area contributed by atoms with Crippen LogP contribution in [0.25, 0.3) is 10.7 Å². The first-order valence-electron chi connectivity index (χ1n) is 20.2. The van der Waals surface area contributed by atoms with Gasteiger partial charge in [-0.25, -0.2) is 4.79 Å². The van der Waals surface area contributed by atoms with Crippen LogP contribution in [0.15, 0.2) is 17.5 Å². The summed E-state index contributed by atoms with van der Waals surface area (Å²) in [5.41, 5.74) is -2.69. The molecule has 3 aliphatic rings. The predicted molar refractivity (Wildman–Crippen MR) is 210 cm³/mol. The zero-order valence-corrected chi connectivity index (χ0v) is 36.1. The molecule has 0 saturated carbocycles. The third-order valence-electron chi connectivity index (χ3n) is 12.4. The number of thiophene rings is 1. The number of methoxy groups -OCH3 is 1. The molecule has 0 aromatic carbocycles. The van der Waals surface area contributed by atoms with Gasteiger partial charge in [-0.05, 0) is 90.6 Å². The Labute approximate surface area is 339 Å². The minimum Gasteiger partial charge on any atom is -0.458 e. The maximum atomic E-state index is 14.7. The zero-order chi connectivity index (χ0) is 42.0. The number of carbonyl (C=O) groups is 4. The topological polar surface area (TPSA) is 185 Å². The number of hydrogen-bond acceptors (Lipinski definition) is 15. The summed E-state index contributed by atoms with van der Waals surface area (Å²) in [6.45, 7) is 14.6. The van der Waals surface area contributed by atoms with Crippen LogP contribution >= 0.6 is 11.3 Å². The number of fused-ring (bicyclic) bond motifs is 1. The van der Waals surface area contributed by atoms with Crippen molar-refractivity contribution < 1.29 is 48.0 Å². The van der Waals surface area contributed by atoms with Crippen LogP contribution < -0.4 is 0 Å². The highest BCUT2D eigenvalue weighted by Gasteiger charge is 2.60. The number of amides is 1. The molecule has 13 atom stereocenters. The van der Waals surface area contributed by atoms with Gasteiger partial charge in [0.2, 0.25) is 5.82 Å². The first kappa shape index (κ1) is 44.7. The van der Waals surface area contributed by atoms with Crippen molar-refractivity contribution in [3.63, 3.8) is 0 Å². The number of aliphatic hydroxyl groups is 1. The number of nitrogens with zero attached hydrogens (tertiary/aromatic N) is 6. The zero-order valence-electron chi connectivity index (χ0n) is 35.2. The van der Waals surface area contributed by atoms with Gasteiger partial charge in [0.15, 0.2) is 17.7 Å². The van der Waals surface area contributed by atoms with E-state index in [1.165, 1.54) is 30.2 Å². The molecule has 0 spiro atoms. The van der Waals surface area contributed by atoms with Crippen LogP contribution in [0.3, 0.4) is 0 Å². The molecule has 3 aliphatic heterocycles. The highest BCUT2D eigenvalue weighted by atomic mass is 32.1. The van der Waals surface area contributed by atoms with Gasteiger partial charge in [0.1, 0.15) is 23.9 Å². The van der Waals surface area contributed by atoms with E-state index in [9.17, 15) is 24.3 Å². The van der Waals surface area contributed by atoms with Crippen molar-refractivity contribution in [2.24, 2.45) is 23.7 Å². The van der Waals surface area contributed by atoms with Crippen molar-refractivity contribution in [3.8, 4) is 10.7 Å². The molecule has 2 aromatic rings. The number of ether oxygens (including phenoxy) is 5. The summed E-state index contributed by atoms with van der Waals surface area (Å²) < 4.78 is 31.1. The molecule has 1 N–H and O–H groups in total. The smallest absolute Gasteiger partial charge is 0.410 e. The van der Waals surface area contributed by atoms with E-state index in [0.29, 0.717) is 31.6 Å². The average molecular weight is 819 g/mol. The van der Waals surface area contributed by atoms with Gasteiger partial charge in [-0.15, -0.1) is 21.5 Å². The van der Waals surface area contributed by atoms with Crippen LogP contribution in [0.1, 0.15) is 87.5 Å².